The minimum absolute atomic E-state index is 0.0124. The van der Waals surface area contributed by atoms with Crippen molar-refractivity contribution in [2.45, 2.75) is 44.0 Å². The zero-order chi connectivity index (χ0) is 28.0. The van der Waals surface area contributed by atoms with Crippen LogP contribution >= 0.6 is 0 Å². The van der Waals surface area contributed by atoms with Crippen molar-refractivity contribution in [2.24, 2.45) is 10.3 Å². The predicted molar refractivity (Wildman–Crippen MR) is 144 cm³/mol. The first-order valence-electron chi connectivity index (χ1n) is 11.8. The summed E-state index contributed by atoms with van der Waals surface area (Å²) in [4.78, 5) is 26.2. The number of hydrogen-bond donors (Lipinski definition) is 4. The second kappa shape index (κ2) is 9.55. The van der Waals surface area contributed by atoms with Crippen LogP contribution in [0.4, 0.5) is 11.4 Å². The molecule has 1 atom stereocenters. The quantitative estimate of drug-likeness (QED) is 0.400. The molecule has 1 unspecified atom stereocenters. The van der Waals surface area contributed by atoms with Gasteiger partial charge in [-0.1, -0.05) is 38.1 Å². The molecule has 11 nitrogen and oxygen atoms in total. The number of ketones is 1. The molecule has 4 rings (SSSR count). The number of fused-ring (bicyclic) bond motifs is 2. The number of sulfonamides is 2. The van der Waals surface area contributed by atoms with Crippen molar-refractivity contribution >= 4 is 54.7 Å². The average Bonchev–Trinajstić information content (AvgIpc) is 2.80. The lowest BCUT2D eigenvalue weighted by Gasteiger charge is -2.39. The van der Waals surface area contributed by atoms with Crippen molar-refractivity contribution in [1.29, 1.82) is 0 Å². The van der Waals surface area contributed by atoms with E-state index in [4.69, 9.17) is 0 Å². The Kier molecular flexibility index (Phi) is 6.87. The Morgan fingerprint density at radius 1 is 1.18 bits per heavy atom. The Morgan fingerprint density at radius 3 is 2.50 bits per heavy atom. The molecule has 0 spiro atoms. The van der Waals surface area contributed by atoms with E-state index in [0.29, 0.717) is 12.0 Å². The summed E-state index contributed by atoms with van der Waals surface area (Å²) in [7, 11) is -8.09. The number of amides is 1. The highest BCUT2D eigenvalue weighted by Gasteiger charge is 2.50. The van der Waals surface area contributed by atoms with Crippen LogP contribution in [0, 0.1) is 5.92 Å². The smallest absolute Gasteiger partial charge is 0.286 e. The SMILES string of the molecule is CC(=O)NC1(CCC(C)C)C(=O)C(C2=NS(=O)(=O)c3cc(NS(C)(=O)=O)ccc3N2)=C(O)c2ccccc21. The maximum Gasteiger partial charge on any atom is 0.286 e. The summed E-state index contributed by atoms with van der Waals surface area (Å²) < 4.78 is 55.5. The van der Waals surface area contributed by atoms with Crippen molar-refractivity contribution in [2.75, 3.05) is 16.3 Å². The van der Waals surface area contributed by atoms with Crippen LogP contribution in [0.15, 0.2) is 57.3 Å². The standard InChI is InChI=1S/C25H28N4O7S2/c1-14(2)11-12-25(27-15(3)30)18-8-6-5-7-17(18)22(31)21(23(25)32)24-26-19-10-9-16(28-37(4,33)34)13-20(19)38(35,36)29-24/h5-10,13-14,28,31H,11-12H2,1-4H3,(H,26,29)(H,27,30). The maximum absolute atomic E-state index is 14.2. The Balaban J connectivity index is 1.89. The predicted octanol–water partition coefficient (Wildman–Crippen LogP) is 2.89. The molecule has 2 aromatic carbocycles. The molecule has 0 aromatic heterocycles. The number of benzene rings is 2. The topological polar surface area (TPSA) is 171 Å². The summed E-state index contributed by atoms with van der Waals surface area (Å²) in [6, 6.07) is 10.4. The number of rotatable bonds is 7. The van der Waals surface area contributed by atoms with E-state index < -0.39 is 48.9 Å². The summed E-state index contributed by atoms with van der Waals surface area (Å²) >= 11 is 0. The van der Waals surface area contributed by atoms with Gasteiger partial charge in [0.2, 0.25) is 15.9 Å². The second-order valence-electron chi connectivity index (χ2n) is 9.74. The second-order valence-corrected chi connectivity index (χ2v) is 13.1. The molecular formula is C25H28N4O7S2. The largest absolute Gasteiger partial charge is 0.506 e. The summed E-state index contributed by atoms with van der Waals surface area (Å²) in [5, 5.41) is 16.8. The third kappa shape index (κ3) is 5.03. The molecule has 0 saturated carbocycles. The highest BCUT2D eigenvalue weighted by Crippen LogP contribution is 2.43. The van der Waals surface area contributed by atoms with Crippen molar-refractivity contribution in [1.82, 2.24) is 5.32 Å². The van der Waals surface area contributed by atoms with Crippen LogP contribution in [0.1, 0.15) is 44.7 Å². The van der Waals surface area contributed by atoms with E-state index in [9.17, 15) is 31.5 Å². The highest BCUT2D eigenvalue weighted by molar-refractivity contribution is 7.92. The molecular weight excluding hydrogens is 532 g/mol. The number of Topliss-reactive ketones (excluding diaryl/α,β-unsaturated/α-hetero) is 1. The van der Waals surface area contributed by atoms with Crippen LogP contribution in [0.25, 0.3) is 5.76 Å². The minimum atomic E-state index is -4.42. The molecule has 2 aliphatic rings. The van der Waals surface area contributed by atoms with Gasteiger partial charge in [-0.05, 0) is 42.5 Å². The van der Waals surface area contributed by atoms with E-state index in [1.165, 1.54) is 19.1 Å². The molecule has 1 heterocycles. The van der Waals surface area contributed by atoms with E-state index in [-0.39, 0.29) is 39.7 Å². The Labute approximate surface area is 221 Å². The van der Waals surface area contributed by atoms with Crippen molar-refractivity contribution in [3.63, 3.8) is 0 Å². The lowest BCUT2D eigenvalue weighted by atomic mass is 9.71. The normalized spacial score (nSPS) is 20.2. The molecule has 1 amide bonds. The van der Waals surface area contributed by atoms with Crippen LogP contribution in [0.2, 0.25) is 0 Å². The molecule has 1 aliphatic carbocycles. The summed E-state index contributed by atoms with van der Waals surface area (Å²) in [5.41, 5.74) is -1.23. The van der Waals surface area contributed by atoms with Crippen molar-refractivity contribution < 1.29 is 31.5 Å². The lowest BCUT2D eigenvalue weighted by molar-refractivity contribution is -0.129. The van der Waals surface area contributed by atoms with Gasteiger partial charge in [0.15, 0.2) is 11.6 Å². The fourth-order valence-electron chi connectivity index (χ4n) is 4.64. The molecule has 0 saturated heterocycles. The summed E-state index contributed by atoms with van der Waals surface area (Å²) in [6.45, 7) is 5.22. The first kappa shape index (κ1) is 27.3. The number of nitrogens with zero attached hydrogens (tertiary/aromatic N) is 1. The van der Waals surface area contributed by atoms with Crippen LogP contribution in [-0.4, -0.2) is 45.7 Å². The summed E-state index contributed by atoms with van der Waals surface area (Å²) in [6.07, 6.45) is 1.68. The van der Waals surface area contributed by atoms with E-state index >= 15 is 0 Å². The summed E-state index contributed by atoms with van der Waals surface area (Å²) in [5.74, 6) is -1.88. The average molecular weight is 561 g/mol. The van der Waals surface area contributed by atoms with Crippen LogP contribution in [-0.2, 0) is 35.2 Å². The Morgan fingerprint density at radius 2 is 1.87 bits per heavy atom. The number of aliphatic hydroxyl groups excluding tert-OH is 1. The molecule has 2 aromatic rings. The van der Waals surface area contributed by atoms with Gasteiger partial charge in [0.05, 0.1) is 11.9 Å². The third-order valence-electron chi connectivity index (χ3n) is 6.24. The number of carbonyl (C=O) groups is 2. The van der Waals surface area contributed by atoms with Gasteiger partial charge in [-0.25, -0.2) is 8.42 Å². The number of hydrogen-bond acceptors (Lipinski definition) is 8. The third-order valence-corrected chi connectivity index (χ3v) is 8.17. The zero-order valence-corrected chi connectivity index (χ0v) is 22.8. The van der Waals surface area contributed by atoms with Crippen molar-refractivity contribution in [3.8, 4) is 0 Å². The number of anilines is 2. The van der Waals surface area contributed by atoms with Crippen LogP contribution in [0.3, 0.4) is 0 Å². The molecule has 38 heavy (non-hydrogen) atoms. The van der Waals surface area contributed by atoms with E-state index in [1.807, 2.05) is 13.8 Å². The Bertz CT molecular complexity index is 1630. The minimum Gasteiger partial charge on any atom is -0.506 e. The number of amidine groups is 1. The first-order chi connectivity index (χ1) is 17.6. The number of aliphatic hydroxyl groups is 1. The molecule has 0 radical (unpaired) electrons. The van der Waals surface area contributed by atoms with Crippen LogP contribution in [0.5, 0.6) is 0 Å². The van der Waals surface area contributed by atoms with Gasteiger partial charge in [0.25, 0.3) is 10.0 Å². The van der Waals surface area contributed by atoms with Crippen LogP contribution < -0.4 is 15.4 Å². The molecule has 13 heteroatoms. The number of carbonyl (C=O) groups excluding carboxylic acids is 2. The van der Waals surface area contributed by atoms with Gasteiger partial charge in [0.1, 0.15) is 21.8 Å². The Hall–Kier alpha value is -3.71. The van der Waals surface area contributed by atoms with Gasteiger partial charge in [0, 0.05) is 18.2 Å². The molecule has 1 aliphatic heterocycles. The van der Waals surface area contributed by atoms with Gasteiger partial charge in [-0.15, -0.1) is 4.40 Å². The number of nitrogens with one attached hydrogen (secondary N) is 3. The van der Waals surface area contributed by atoms with E-state index in [0.717, 1.165) is 12.3 Å². The highest BCUT2D eigenvalue weighted by atomic mass is 32.2. The van der Waals surface area contributed by atoms with Gasteiger partial charge >= 0.3 is 0 Å². The molecule has 202 valence electrons. The van der Waals surface area contributed by atoms with Crippen molar-refractivity contribution in [3.05, 3.63) is 59.2 Å². The van der Waals surface area contributed by atoms with Gasteiger partial charge in [-0.2, -0.15) is 8.42 Å². The lowest BCUT2D eigenvalue weighted by Crippen LogP contribution is -2.55. The molecule has 4 N–H and O–H groups in total. The fourth-order valence-corrected chi connectivity index (χ4v) is 6.35. The molecule has 0 bridgehead atoms. The molecule has 0 fully saturated rings. The maximum atomic E-state index is 14.2. The monoisotopic (exact) mass is 560 g/mol. The fraction of sp³-hybridized carbons (Fsp3) is 0.320. The zero-order valence-electron chi connectivity index (χ0n) is 21.2. The van der Waals surface area contributed by atoms with Gasteiger partial charge < -0.3 is 15.7 Å². The van der Waals surface area contributed by atoms with E-state index in [2.05, 4.69) is 19.8 Å². The van der Waals surface area contributed by atoms with Gasteiger partial charge in [-0.3, -0.25) is 14.3 Å². The first-order valence-corrected chi connectivity index (χ1v) is 15.1. The van der Waals surface area contributed by atoms with E-state index in [1.54, 1.807) is 24.3 Å².